The van der Waals surface area contributed by atoms with Crippen molar-refractivity contribution in [2.75, 3.05) is 19.8 Å². The van der Waals surface area contributed by atoms with E-state index in [1.54, 1.807) is 6.26 Å². The van der Waals surface area contributed by atoms with E-state index >= 15 is 0 Å². The van der Waals surface area contributed by atoms with Gasteiger partial charge in [0.05, 0.1) is 19.4 Å². The van der Waals surface area contributed by atoms with Crippen LogP contribution >= 0.6 is 0 Å². The van der Waals surface area contributed by atoms with E-state index in [2.05, 4.69) is 5.32 Å². The van der Waals surface area contributed by atoms with Crippen LogP contribution in [0, 0.1) is 6.92 Å². The van der Waals surface area contributed by atoms with E-state index in [4.69, 9.17) is 9.15 Å². The van der Waals surface area contributed by atoms with Gasteiger partial charge in [0.25, 0.3) is 0 Å². The molecular formula is C12H19NO3. The fourth-order valence-corrected chi connectivity index (χ4v) is 2.01. The van der Waals surface area contributed by atoms with Crippen LogP contribution in [0.2, 0.25) is 0 Å². The van der Waals surface area contributed by atoms with Crippen LogP contribution < -0.4 is 5.32 Å². The Morgan fingerprint density at radius 1 is 1.44 bits per heavy atom. The van der Waals surface area contributed by atoms with Gasteiger partial charge in [-0.15, -0.1) is 0 Å². The van der Waals surface area contributed by atoms with E-state index in [0.717, 1.165) is 24.2 Å². The molecule has 16 heavy (non-hydrogen) atoms. The van der Waals surface area contributed by atoms with Gasteiger partial charge in [0.1, 0.15) is 5.76 Å². The molecule has 1 fully saturated rings. The van der Waals surface area contributed by atoms with Gasteiger partial charge in [0.15, 0.2) is 0 Å². The highest BCUT2D eigenvalue weighted by atomic mass is 16.5. The van der Waals surface area contributed by atoms with Crippen molar-refractivity contribution < 1.29 is 14.3 Å². The Labute approximate surface area is 95.6 Å². The number of hydrogen-bond donors (Lipinski definition) is 2. The van der Waals surface area contributed by atoms with Gasteiger partial charge in [-0.1, -0.05) is 0 Å². The smallest absolute Gasteiger partial charge is 0.120 e. The van der Waals surface area contributed by atoms with Crippen molar-refractivity contribution in [2.45, 2.75) is 31.8 Å². The number of aryl methyl sites for hydroxylation is 1. The zero-order chi connectivity index (χ0) is 11.4. The van der Waals surface area contributed by atoms with Crippen LogP contribution in [0.3, 0.4) is 0 Å². The monoisotopic (exact) mass is 225 g/mol. The van der Waals surface area contributed by atoms with Crippen molar-refractivity contribution in [1.82, 2.24) is 5.32 Å². The lowest BCUT2D eigenvalue weighted by molar-refractivity contribution is 0.0104. The minimum atomic E-state index is -0.197. The minimum absolute atomic E-state index is 0.149. The lowest BCUT2D eigenvalue weighted by atomic mass is 9.91. The van der Waals surface area contributed by atoms with Gasteiger partial charge in [-0.2, -0.15) is 0 Å². The second kappa shape index (κ2) is 4.99. The predicted octanol–water partition coefficient (Wildman–Crippen LogP) is 1.22. The van der Waals surface area contributed by atoms with Crippen molar-refractivity contribution in [3.05, 3.63) is 23.7 Å². The Kier molecular flexibility index (Phi) is 3.63. The molecule has 2 heterocycles. The maximum absolute atomic E-state index is 9.49. The van der Waals surface area contributed by atoms with Crippen molar-refractivity contribution in [1.29, 1.82) is 0 Å². The molecule has 2 N–H and O–H groups in total. The third-order valence-corrected chi connectivity index (χ3v) is 3.34. The summed E-state index contributed by atoms with van der Waals surface area (Å²) in [7, 11) is 0. The summed E-state index contributed by atoms with van der Waals surface area (Å²) in [5, 5.41) is 12.9. The molecule has 1 saturated heterocycles. The minimum Gasteiger partial charge on any atom is -0.468 e. The molecule has 0 saturated carbocycles. The van der Waals surface area contributed by atoms with Crippen LogP contribution in [0.5, 0.6) is 0 Å². The van der Waals surface area contributed by atoms with Gasteiger partial charge in [-0.05, 0) is 31.4 Å². The molecule has 0 spiro atoms. The largest absolute Gasteiger partial charge is 0.468 e. The molecule has 1 aromatic rings. The fourth-order valence-electron chi connectivity index (χ4n) is 2.01. The first kappa shape index (κ1) is 11.6. The first-order valence-corrected chi connectivity index (χ1v) is 5.72. The summed E-state index contributed by atoms with van der Waals surface area (Å²) in [6, 6.07) is 1.95. The van der Waals surface area contributed by atoms with Crippen LogP contribution in [0.4, 0.5) is 0 Å². The number of hydrogen-bond acceptors (Lipinski definition) is 4. The molecule has 1 aliphatic heterocycles. The molecule has 1 aliphatic rings. The third-order valence-electron chi connectivity index (χ3n) is 3.34. The molecule has 1 aromatic heterocycles. The van der Waals surface area contributed by atoms with Crippen LogP contribution in [0.25, 0.3) is 0 Å². The normalized spacial score (nSPS) is 19.9. The highest BCUT2D eigenvalue weighted by molar-refractivity contribution is 5.14. The second-order valence-corrected chi connectivity index (χ2v) is 4.43. The van der Waals surface area contributed by atoms with E-state index < -0.39 is 0 Å². The standard InChI is InChI=1S/C12H19NO3/c1-10-2-5-16-11(10)8-13-12(9-14)3-6-15-7-4-12/h2,5,13-14H,3-4,6-9H2,1H3. The highest BCUT2D eigenvalue weighted by Crippen LogP contribution is 2.21. The summed E-state index contributed by atoms with van der Waals surface area (Å²) < 4.78 is 10.7. The maximum atomic E-state index is 9.49. The number of nitrogens with one attached hydrogen (secondary N) is 1. The molecule has 90 valence electrons. The topological polar surface area (TPSA) is 54.6 Å². The van der Waals surface area contributed by atoms with Gasteiger partial charge in [-0.25, -0.2) is 0 Å². The number of ether oxygens (including phenoxy) is 1. The quantitative estimate of drug-likeness (QED) is 0.809. The summed E-state index contributed by atoms with van der Waals surface area (Å²) >= 11 is 0. The summed E-state index contributed by atoms with van der Waals surface area (Å²) in [6.45, 7) is 4.26. The zero-order valence-corrected chi connectivity index (χ0v) is 9.66. The van der Waals surface area contributed by atoms with Gasteiger partial charge < -0.3 is 19.6 Å². The average Bonchev–Trinajstić information content (AvgIpc) is 2.74. The van der Waals surface area contributed by atoms with Gasteiger partial charge >= 0.3 is 0 Å². The number of rotatable bonds is 4. The van der Waals surface area contributed by atoms with Crippen molar-refractivity contribution >= 4 is 0 Å². The van der Waals surface area contributed by atoms with E-state index in [9.17, 15) is 5.11 Å². The third kappa shape index (κ3) is 2.45. The molecule has 0 bridgehead atoms. The predicted molar refractivity (Wildman–Crippen MR) is 60.2 cm³/mol. The van der Waals surface area contributed by atoms with Gasteiger partial charge in [0, 0.05) is 18.8 Å². The van der Waals surface area contributed by atoms with Gasteiger partial charge in [0.2, 0.25) is 0 Å². The lowest BCUT2D eigenvalue weighted by Gasteiger charge is -2.36. The van der Waals surface area contributed by atoms with Crippen molar-refractivity contribution in [2.24, 2.45) is 0 Å². The van der Waals surface area contributed by atoms with E-state index in [0.29, 0.717) is 19.8 Å². The van der Waals surface area contributed by atoms with Crippen LogP contribution in [0.1, 0.15) is 24.2 Å². The molecule has 0 atom stereocenters. The molecule has 0 unspecified atom stereocenters. The summed E-state index contributed by atoms with van der Waals surface area (Å²) in [6.07, 6.45) is 3.40. The van der Waals surface area contributed by atoms with Gasteiger partial charge in [-0.3, -0.25) is 0 Å². The molecule has 0 aliphatic carbocycles. The lowest BCUT2D eigenvalue weighted by Crippen LogP contribution is -2.51. The van der Waals surface area contributed by atoms with Crippen LogP contribution in [-0.4, -0.2) is 30.5 Å². The Hall–Kier alpha value is -0.840. The van der Waals surface area contributed by atoms with Crippen LogP contribution in [-0.2, 0) is 11.3 Å². The Morgan fingerprint density at radius 3 is 2.75 bits per heavy atom. The first-order valence-electron chi connectivity index (χ1n) is 5.72. The number of aliphatic hydroxyl groups is 1. The summed E-state index contributed by atoms with van der Waals surface area (Å²) in [5.74, 6) is 0.944. The summed E-state index contributed by atoms with van der Waals surface area (Å²) in [4.78, 5) is 0. The molecule has 4 heteroatoms. The molecule has 4 nitrogen and oxygen atoms in total. The fraction of sp³-hybridized carbons (Fsp3) is 0.667. The number of furan rings is 1. The highest BCUT2D eigenvalue weighted by Gasteiger charge is 2.31. The zero-order valence-electron chi connectivity index (χ0n) is 9.66. The Morgan fingerprint density at radius 2 is 2.19 bits per heavy atom. The van der Waals surface area contributed by atoms with E-state index in [1.165, 1.54) is 0 Å². The first-order chi connectivity index (χ1) is 7.76. The second-order valence-electron chi connectivity index (χ2n) is 4.43. The Balaban J connectivity index is 1.94. The summed E-state index contributed by atoms with van der Waals surface area (Å²) in [5.41, 5.74) is 0.949. The molecular weight excluding hydrogens is 206 g/mol. The van der Waals surface area contributed by atoms with Crippen molar-refractivity contribution in [3.63, 3.8) is 0 Å². The molecule has 0 amide bonds. The van der Waals surface area contributed by atoms with Crippen LogP contribution in [0.15, 0.2) is 16.7 Å². The average molecular weight is 225 g/mol. The number of aliphatic hydroxyl groups excluding tert-OH is 1. The van der Waals surface area contributed by atoms with Crippen molar-refractivity contribution in [3.8, 4) is 0 Å². The molecule has 0 radical (unpaired) electrons. The van der Waals surface area contributed by atoms with E-state index in [-0.39, 0.29) is 12.1 Å². The molecule has 0 aromatic carbocycles. The molecule has 2 rings (SSSR count). The Bertz CT molecular complexity index is 329. The SMILES string of the molecule is Cc1ccoc1CNC1(CO)CCOCC1. The maximum Gasteiger partial charge on any atom is 0.120 e. The van der Waals surface area contributed by atoms with E-state index in [1.807, 2.05) is 13.0 Å².